The normalized spacial score (nSPS) is 10.3. The molecule has 0 atom stereocenters. The average molecular weight is 262 g/mol. The molecule has 2 rings (SSSR count). The number of hydrazine groups is 1. The molecule has 0 spiro atoms. The van der Waals surface area contributed by atoms with Crippen molar-refractivity contribution in [2.45, 2.75) is 20.3 Å². The molecule has 0 saturated heterocycles. The first-order chi connectivity index (χ1) is 9.15. The zero-order valence-electron chi connectivity index (χ0n) is 10.8. The number of aromatic nitrogens is 2. The summed E-state index contributed by atoms with van der Waals surface area (Å²) < 4.78 is 18.9. The van der Waals surface area contributed by atoms with Crippen LogP contribution in [0.2, 0.25) is 0 Å². The van der Waals surface area contributed by atoms with Crippen molar-refractivity contribution in [2.24, 2.45) is 5.84 Å². The highest BCUT2D eigenvalue weighted by atomic mass is 19.1. The van der Waals surface area contributed by atoms with Crippen molar-refractivity contribution < 1.29 is 9.13 Å². The van der Waals surface area contributed by atoms with Crippen LogP contribution >= 0.6 is 0 Å². The lowest BCUT2D eigenvalue weighted by Gasteiger charge is -2.13. The largest absolute Gasteiger partial charge is 0.438 e. The maximum Gasteiger partial charge on any atom is 0.227 e. The first kappa shape index (κ1) is 13.2. The summed E-state index contributed by atoms with van der Waals surface area (Å²) in [5.41, 5.74) is 4.06. The van der Waals surface area contributed by atoms with E-state index in [1.807, 2.05) is 13.8 Å². The quantitative estimate of drug-likeness (QED) is 0.654. The van der Waals surface area contributed by atoms with Crippen molar-refractivity contribution in [3.05, 3.63) is 41.5 Å². The molecule has 0 radical (unpaired) electrons. The molecule has 0 aliphatic heterocycles. The number of nitrogens with two attached hydrogens (primary N) is 1. The van der Waals surface area contributed by atoms with E-state index in [4.69, 9.17) is 10.6 Å². The smallest absolute Gasteiger partial charge is 0.227 e. The molecular weight excluding hydrogens is 247 g/mol. The van der Waals surface area contributed by atoms with Gasteiger partial charge in [-0.2, -0.15) is 0 Å². The van der Waals surface area contributed by atoms with Crippen LogP contribution in [-0.4, -0.2) is 9.97 Å². The molecule has 0 aliphatic carbocycles. The molecule has 2 aromatic rings. The van der Waals surface area contributed by atoms with Crippen molar-refractivity contribution in [1.29, 1.82) is 0 Å². The third-order valence-corrected chi connectivity index (χ3v) is 2.75. The zero-order chi connectivity index (χ0) is 13.8. The van der Waals surface area contributed by atoms with Gasteiger partial charge < -0.3 is 10.2 Å². The number of hydrogen-bond donors (Lipinski definition) is 2. The number of nitrogen functional groups attached to an aromatic ring is 1. The summed E-state index contributed by atoms with van der Waals surface area (Å²) in [5, 5.41) is 0. The Morgan fingerprint density at radius 1 is 1.37 bits per heavy atom. The third-order valence-electron chi connectivity index (χ3n) is 2.75. The molecule has 1 heterocycles. The fourth-order valence-electron chi connectivity index (χ4n) is 1.72. The highest BCUT2D eigenvalue weighted by Gasteiger charge is 2.12. The van der Waals surface area contributed by atoms with Crippen LogP contribution in [0.3, 0.4) is 0 Å². The van der Waals surface area contributed by atoms with Gasteiger partial charge in [-0.3, -0.25) is 0 Å². The fraction of sp³-hybridized carbons (Fsp3) is 0.231. The molecule has 19 heavy (non-hydrogen) atoms. The summed E-state index contributed by atoms with van der Waals surface area (Å²) >= 11 is 0. The summed E-state index contributed by atoms with van der Waals surface area (Å²) in [4.78, 5) is 8.08. The zero-order valence-corrected chi connectivity index (χ0v) is 10.8. The molecule has 1 aromatic carbocycles. The Morgan fingerprint density at radius 3 is 2.84 bits per heavy atom. The Labute approximate surface area is 110 Å². The maximum absolute atomic E-state index is 13.2. The van der Waals surface area contributed by atoms with E-state index in [0.717, 1.165) is 11.1 Å². The van der Waals surface area contributed by atoms with Crippen LogP contribution in [0.25, 0.3) is 0 Å². The van der Waals surface area contributed by atoms with Gasteiger partial charge in [0, 0.05) is 6.07 Å². The third kappa shape index (κ3) is 2.79. The van der Waals surface area contributed by atoms with Crippen molar-refractivity contribution in [3.63, 3.8) is 0 Å². The van der Waals surface area contributed by atoms with E-state index in [-0.39, 0.29) is 5.82 Å². The van der Waals surface area contributed by atoms with Crippen LogP contribution in [0.15, 0.2) is 24.5 Å². The van der Waals surface area contributed by atoms with Crippen LogP contribution in [0.5, 0.6) is 11.6 Å². The fourth-order valence-corrected chi connectivity index (χ4v) is 1.72. The maximum atomic E-state index is 13.2. The molecule has 0 aliphatic rings. The second-order valence-corrected chi connectivity index (χ2v) is 4.02. The SMILES string of the molecule is CCc1c(NN)ncnc1Oc1cc(F)ccc1C. The molecule has 1 aromatic heterocycles. The molecule has 3 N–H and O–H groups in total. The first-order valence-corrected chi connectivity index (χ1v) is 5.90. The molecule has 0 unspecified atom stereocenters. The molecule has 0 bridgehead atoms. The number of nitrogens with zero attached hydrogens (tertiary/aromatic N) is 2. The minimum absolute atomic E-state index is 0.357. The number of halogens is 1. The first-order valence-electron chi connectivity index (χ1n) is 5.90. The van der Waals surface area contributed by atoms with Crippen LogP contribution in [0.4, 0.5) is 10.2 Å². The molecular formula is C13H15FN4O. The Bertz CT molecular complexity index is 589. The van der Waals surface area contributed by atoms with Crippen molar-refractivity contribution in [1.82, 2.24) is 9.97 Å². The van der Waals surface area contributed by atoms with Gasteiger partial charge >= 0.3 is 0 Å². The topological polar surface area (TPSA) is 73.1 Å². The number of nitrogens with one attached hydrogen (secondary N) is 1. The summed E-state index contributed by atoms with van der Waals surface area (Å²) in [6.07, 6.45) is 1.99. The van der Waals surface area contributed by atoms with E-state index in [2.05, 4.69) is 15.4 Å². The molecule has 0 fully saturated rings. The van der Waals surface area contributed by atoms with Crippen LogP contribution in [-0.2, 0) is 6.42 Å². The van der Waals surface area contributed by atoms with Gasteiger partial charge in [0.25, 0.3) is 0 Å². The second kappa shape index (κ2) is 5.62. The number of anilines is 1. The summed E-state index contributed by atoms with van der Waals surface area (Å²) in [7, 11) is 0. The van der Waals surface area contributed by atoms with Gasteiger partial charge in [0.1, 0.15) is 23.7 Å². The van der Waals surface area contributed by atoms with Crippen molar-refractivity contribution in [2.75, 3.05) is 5.43 Å². The van der Waals surface area contributed by atoms with Gasteiger partial charge in [-0.15, -0.1) is 0 Å². The lowest BCUT2D eigenvalue weighted by molar-refractivity contribution is 0.447. The molecule has 100 valence electrons. The minimum Gasteiger partial charge on any atom is -0.438 e. The predicted molar refractivity (Wildman–Crippen MR) is 70.4 cm³/mol. The van der Waals surface area contributed by atoms with Crippen LogP contribution in [0, 0.1) is 12.7 Å². The molecule has 5 nitrogen and oxygen atoms in total. The lowest BCUT2D eigenvalue weighted by Crippen LogP contribution is -2.12. The standard InChI is InChI=1S/C13H15FN4O/c1-3-10-12(18-15)16-7-17-13(10)19-11-6-9(14)5-4-8(11)2/h4-7H,3,15H2,1-2H3,(H,16,17,18). The number of ether oxygens (including phenoxy) is 1. The molecule has 6 heteroatoms. The van der Waals surface area contributed by atoms with Gasteiger partial charge in [0.2, 0.25) is 5.88 Å². The van der Waals surface area contributed by atoms with E-state index in [9.17, 15) is 4.39 Å². The Hall–Kier alpha value is -2.21. The van der Waals surface area contributed by atoms with E-state index >= 15 is 0 Å². The minimum atomic E-state index is -0.357. The summed E-state index contributed by atoms with van der Waals surface area (Å²) in [6.45, 7) is 3.77. The monoisotopic (exact) mass is 262 g/mol. The predicted octanol–water partition coefficient (Wildman–Crippen LogP) is 2.56. The van der Waals surface area contributed by atoms with Gasteiger partial charge in [-0.25, -0.2) is 20.2 Å². The Kier molecular flexibility index (Phi) is 3.91. The molecule has 0 amide bonds. The second-order valence-electron chi connectivity index (χ2n) is 4.02. The van der Waals surface area contributed by atoms with E-state index in [0.29, 0.717) is 23.9 Å². The van der Waals surface area contributed by atoms with E-state index in [1.54, 1.807) is 6.07 Å². The summed E-state index contributed by atoms with van der Waals surface area (Å²) in [6, 6.07) is 4.36. The van der Waals surface area contributed by atoms with Crippen LogP contribution in [0.1, 0.15) is 18.1 Å². The molecule has 0 saturated carbocycles. The van der Waals surface area contributed by atoms with E-state index in [1.165, 1.54) is 18.5 Å². The number of rotatable bonds is 4. The Balaban J connectivity index is 2.40. The number of aryl methyl sites for hydroxylation is 1. The highest BCUT2D eigenvalue weighted by Crippen LogP contribution is 2.29. The summed E-state index contributed by atoms with van der Waals surface area (Å²) in [5.74, 6) is 6.33. The van der Waals surface area contributed by atoms with E-state index < -0.39 is 0 Å². The lowest BCUT2D eigenvalue weighted by atomic mass is 10.2. The number of benzene rings is 1. The van der Waals surface area contributed by atoms with Gasteiger partial charge in [0.15, 0.2) is 0 Å². The van der Waals surface area contributed by atoms with Gasteiger partial charge in [-0.05, 0) is 25.0 Å². The Morgan fingerprint density at radius 2 is 2.16 bits per heavy atom. The number of hydrogen-bond acceptors (Lipinski definition) is 5. The van der Waals surface area contributed by atoms with Crippen LogP contribution < -0.4 is 16.0 Å². The highest BCUT2D eigenvalue weighted by molar-refractivity contribution is 5.49. The van der Waals surface area contributed by atoms with Gasteiger partial charge in [-0.1, -0.05) is 13.0 Å². The average Bonchev–Trinajstić information content (AvgIpc) is 2.42. The van der Waals surface area contributed by atoms with Crippen molar-refractivity contribution in [3.8, 4) is 11.6 Å². The van der Waals surface area contributed by atoms with Gasteiger partial charge in [0.05, 0.1) is 5.56 Å². The van der Waals surface area contributed by atoms with Crippen molar-refractivity contribution >= 4 is 5.82 Å².